The van der Waals surface area contributed by atoms with E-state index in [0.29, 0.717) is 33.2 Å². The highest BCUT2D eigenvalue weighted by atomic mass is 32.2. The van der Waals surface area contributed by atoms with Gasteiger partial charge >= 0.3 is 0 Å². The monoisotopic (exact) mass is 467 g/mol. The lowest BCUT2D eigenvalue weighted by Gasteiger charge is -2.26. The molecule has 1 aromatic heterocycles. The molecule has 174 valence electrons. The maximum atomic E-state index is 13.4. The normalized spacial score (nSPS) is 15.2. The fourth-order valence-corrected chi connectivity index (χ4v) is 5.18. The van der Waals surface area contributed by atoms with Gasteiger partial charge in [0.2, 0.25) is 5.91 Å². The Morgan fingerprint density at radius 1 is 1.09 bits per heavy atom. The van der Waals surface area contributed by atoms with Crippen molar-refractivity contribution in [1.82, 2.24) is 9.55 Å². The van der Waals surface area contributed by atoms with Crippen molar-refractivity contribution in [3.05, 3.63) is 52.8 Å². The lowest BCUT2D eigenvalue weighted by molar-refractivity contribution is -0.115. The Morgan fingerprint density at radius 2 is 1.76 bits per heavy atom. The fraction of sp³-hybridized carbons (Fsp3) is 0.400. The summed E-state index contributed by atoms with van der Waals surface area (Å²) in [4.78, 5) is 31.2. The van der Waals surface area contributed by atoms with E-state index >= 15 is 0 Å². The number of amides is 1. The SMILES string of the molecule is COc1cc(NC(=O)C(C)Sc2nc3ccccc3c(=O)n2C2CCCCC2)cc(OC)c1. The number of anilines is 1. The number of carbonyl (C=O) groups excluding carboxylic acids is 1. The van der Waals surface area contributed by atoms with Crippen LogP contribution in [0.5, 0.6) is 11.5 Å². The summed E-state index contributed by atoms with van der Waals surface area (Å²) in [5.41, 5.74) is 1.21. The van der Waals surface area contributed by atoms with Crippen LogP contribution in [0.2, 0.25) is 0 Å². The summed E-state index contributed by atoms with van der Waals surface area (Å²) in [6.45, 7) is 1.82. The first-order valence-electron chi connectivity index (χ1n) is 11.2. The molecule has 0 aliphatic heterocycles. The Kier molecular flexibility index (Phi) is 7.23. The van der Waals surface area contributed by atoms with Gasteiger partial charge in [-0.15, -0.1) is 0 Å². The first-order valence-corrected chi connectivity index (χ1v) is 12.1. The topological polar surface area (TPSA) is 82.5 Å². The summed E-state index contributed by atoms with van der Waals surface area (Å²) in [5, 5.41) is 3.67. The van der Waals surface area contributed by atoms with Gasteiger partial charge in [-0.05, 0) is 31.9 Å². The highest BCUT2D eigenvalue weighted by Gasteiger charge is 2.25. The summed E-state index contributed by atoms with van der Waals surface area (Å²) in [6.07, 6.45) is 5.30. The van der Waals surface area contributed by atoms with Crippen LogP contribution >= 0.6 is 11.8 Å². The number of methoxy groups -OCH3 is 2. The smallest absolute Gasteiger partial charge is 0.262 e. The quantitative estimate of drug-likeness (QED) is 0.387. The van der Waals surface area contributed by atoms with Gasteiger partial charge in [0.05, 0.1) is 30.4 Å². The van der Waals surface area contributed by atoms with Crippen molar-refractivity contribution >= 4 is 34.3 Å². The van der Waals surface area contributed by atoms with Crippen LogP contribution < -0.4 is 20.3 Å². The molecule has 1 heterocycles. The van der Waals surface area contributed by atoms with Crippen LogP contribution in [0, 0.1) is 0 Å². The molecule has 0 saturated heterocycles. The fourth-order valence-electron chi connectivity index (χ4n) is 4.21. The molecule has 33 heavy (non-hydrogen) atoms. The van der Waals surface area contributed by atoms with Gasteiger partial charge in [0.25, 0.3) is 5.56 Å². The molecule has 1 amide bonds. The van der Waals surface area contributed by atoms with Gasteiger partial charge in [0.1, 0.15) is 11.5 Å². The predicted octanol–water partition coefficient (Wildman–Crippen LogP) is 5.04. The molecular formula is C25H29N3O4S. The van der Waals surface area contributed by atoms with Gasteiger partial charge in [0.15, 0.2) is 5.16 Å². The van der Waals surface area contributed by atoms with Gasteiger partial charge in [-0.1, -0.05) is 43.2 Å². The maximum absolute atomic E-state index is 13.4. The number of hydrogen-bond acceptors (Lipinski definition) is 6. The highest BCUT2D eigenvalue weighted by Crippen LogP contribution is 2.33. The maximum Gasteiger partial charge on any atom is 0.262 e. The minimum Gasteiger partial charge on any atom is -0.497 e. The van der Waals surface area contributed by atoms with E-state index in [4.69, 9.17) is 14.5 Å². The van der Waals surface area contributed by atoms with Gasteiger partial charge in [-0.2, -0.15) is 0 Å². The van der Waals surface area contributed by atoms with Crippen molar-refractivity contribution in [2.45, 2.75) is 55.5 Å². The molecule has 0 bridgehead atoms. The van der Waals surface area contributed by atoms with Crippen LogP contribution in [0.1, 0.15) is 45.1 Å². The number of benzene rings is 2. The Labute approximate surface area is 197 Å². The number of para-hydroxylation sites is 1. The average Bonchev–Trinajstić information content (AvgIpc) is 2.84. The molecule has 1 aliphatic rings. The molecule has 1 aliphatic carbocycles. The van der Waals surface area contributed by atoms with Crippen LogP contribution in [0.3, 0.4) is 0 Å². The van der Waals surface area contributed by atoms with Crippen LogP contribution in [-0.2, 0) is 4.79 Å². The third kappa shape index (κ3) is 5.16. The molecule has 4 rings (SSSR count). The molecular weight excluding hydrogens is 438 g/mol. The number of thioether (sulfide) groups is 1. The largest absolute Gasteiger partial charge is 0.497 e. The number of nitrogens with zero attached hydrogens (tertiary/aromatic N) is 2. The average molecular weight is 468 g/mol. The van der Waals surface area contributed by atoms with E-state index in [1.807, 2.05) is 35.8 Å². The first kappa shape index (κ1) is 23.2. The van der Waals surface area contributed by atoms with Crippen molar-refractivity contribution in [2.75, 3.05) is 19.5 Å². The lowest BCUT2D eigenvalue weighted by atomic mass is 9.95. The molecule has 8 heteroatoms. The van der Waals surface area contributed by atoms with Crippen molar-refractivity contribution < 1.29 is 14.3 Å². The van der Waals surface area contributed by atoms with E-state index in [1.54, 1.807) is 32.4 Å². The van der Waals surface area contributed by atoms with E-state index in [9.17, 15) is 9.59 Å². The summed E-state index contributed by atoms with van der Waals surface area (Å²) < 4.78 is 12.4. The second-order valence-corrected chi connectivity index (χ2v) is 9.54. The van der Waals surface area contributed by atoms with Crippen molar-refractivity contribution in [3.63, 3.8) is 0 Å². The molecule has 1 unspecified atom stereocenters. The number of fused-ring (bicyclic) bond motifs is 1. The molecule has 1 fully saturated rings. The standard InChI is InChI=1S/C25H29N3O4S/c1-16(23(29)26-17-13-19(31-2)15-20(14-17)32-3)33-25-27-22-12-8-7-11-21(22)24(30)28(25)18-9-5-4-6-10-18/h7-8,11-16,18H,4-6,9-10H2,1-3H3,(H,26,29). The van der Waals surface area contributed by atoms with Crippen molar-refractivity contribution in [3.8, 4) is 11.5 Å². The van der Waals surface area contributed by atoms with E-state index in [1.165, 1.54) is 18.2 Å². The first-order chi connectivity index (χ1) is 16.0. The van der Waals surface area contributed by atoms with Gasteiger partial charge in [-0.3, -0.25) is 14.2 Å². The van der Waals surface area contributed by atoms with E-state index in [2.05, 4.69) is 5.32 Å². The van der Waals surface area contributed by atoms with Crippen LogP contribution in [-0.4, -0.2) is 34.9 Å². The molecule has 7 nitrogen and oxygen atoms in total. The van der Waals surface area contributed by atoms with Gasteiger partial charge in [-0.25, -0.2) is 4.98 Å². The van der Waals surface area contributed by atoms with Gasteiger partial charge < -0.3 is 14.8 Å². The zero-order valence-electron chi connectivity index (χ0n) is 19.2. The zero-order chi connectivity index (χ0) is 23.4. The Morgan fingerprint density at radius 3 is 2.42 bits per heavy atom. The summed E-state index contributed by atoms with van der Waals surface area (Å²) in [7, 11) is 3.13. The van der Waals surface area contributed by atoms with Gasteiger partial charge in [0, 0.05) is 29.9 Å². The number of carbonyl (C=O) groups is 1. The number of nitrogens with one attached hydrogen (secondary N) is 1. The van der Waals surface area contributed by atoms with Crippen molar-refractivity contribution in [2.24, 2.45) is 0 Å². The van der Waals surface area contributed by atoms with Crippen LogP contribution in [0.15, 0.2) is 52.4 Å². The Bertz CT molecular complexity index is 1180. The molecule has 3 aromatic rings. The molecule has 0 radical (unpaired) electrons. The second kappa shape index (κ2) is 10.3. The number of aromatic nitrogens is 2. The highest BCUT2D eigenvalue weighted by molar-refractivity contribution is 8.00. The van der Waals surface area contributed by atoms with E-state index in [-0.39, 0.29) is 17.5 Å². The number of hydrogen-bond donors (Lipinski definition) is 1. The molecule has 2 aromatic carbocycles. The predicted molar refractivity (Wildman–Crippen MR) is 132 cm³/mol. The minimum absolute atomic E-state index is 0.0276. The molecule has 0 spiro atoms. The summed E-state index contributed by atoms with van der Waals surface area (Å²) in [6, 6.07) is 12.7. The van der Waals surface area contributed by atoms with E-state index < -0.39 is 5.25 Å². The zero-order valence-corrected chi connectivity index (χ0v) is 20.0. The van der Waals surface area contributed by atoms with Crippen LogP contribution in [0.25, 0.3) is 10.9 Å². The Balaban J connectivity index is 1.62. The van der Waals surface area contributed by atoms with Crippen LogP contribution in [0.4, 0.5) is 5.69 Å². The summed E-state index contributed by atoms with van der Waals surface area (Å²) in [5.74, 6) is 0.993. The minimum atomic E-state index is -0.468. The number of ether oxygens (including phenoxy) is 2. The molecule has 1 N–H and O–H groups in total. The summed E-state index contributed by atoms with van der Waals surface area (Å²) >= 11 is 1.32. The third-order valence-corrected chi connectivity index (χ3v) is 7.05. The second-order valence-electron chi connectivity index (χ2n) is 8.23. The molecule has 1 atom stereocenters. The third-order valence-electron chi connectivity index (χ3n) is 5.99. The molecule has 1 saturated carbocycles. The Hall–Kier alpha value is -3.00. The number of rotatable bonds is 7. The van der Waals surface area contributed by atoms with Crippen molar-refractivity contribution in [1.29, 1.82) is 0 Å². The van der Waals surface area contributed by atoms with E-state index in [0.717, 1.165) is 25.7 Å². The lowest BCUT2D eigenvalue weighted by Crippen LogP contribution is -2.30.